The molecule has 6 nitrogen and oxygen atoms in total. The normalized spacial score (nSPS) is 11.5. The minimum atomic E-state index is -3.35. The smallest absolute Gasteiger partial charge is 0.258 e. The second kappa shape index (κ2) is 9.71. The highest BCUT2D eigenvalue weighted by Crippen LogP contribution is 2.18. The predicted molar refractivity (Wildman–Crippen MR) is 111 cm³/mol. The van der Waals surface area contributed by atoms with Crippen molar-refractivity contribution < 1.29 is 17.9 Å². The van der Waals surface area contributed by atoms with Crippen LogP contribution in [0.5, 0.6) is 5.75 Å². The van der Waals surface area contributed by atoms with Gasteiger partial charge >= 0.3 is 0 Å². The zero-order chi connectivity index (χ0) is 20.7. The van der Waals surface area contributed by atoms with E-state index in [4.69, 9.17) is 4.74 Å². The summed E-state index contributed by atoms with van der Waals surface area (Å²) in [5.74, 6) is 0.413. The molecular weight excluding hydrogens is 376 g/mol. The summed E-state index contributed by atoms with van der Waals surface area (Å²) in [5.41, 5.74) is 3.72. The van der Waals surface area contributed by atoms with Gasteiger partial charge in [-0.25, -0.2) is 13.1 Å². The monoisotopic (exact) mass is 404 g/mol. The maximum Gasteiger partial charge on any atom is 0.258 e. The van der Waals surface area contributed by atoms with Crippen molar-refractivity contribution in [2.24, 2.45) is 0 Å². The van der Waals surface area contributed by atoms with Crippen LogP contribution in [0.2, 0.25) is 0 Å². The first-order valence-electron chi connectivity index (χ1n) is 9.19. The quantitative estimate of drug-likeness (QED) is 0.673. The number of nitrogens with one attached hydrogen (secondary N) is 2. The molecule has 0 atom stereocenters. The van der Waals surface area contributed by atoms with Gasteiger partial charge in [-0.2, -0.15) is 0 Å². The molecule has 2 aromatic rings. The van der Waals surface area contributed by atoms with Gasteiger partial charge in [-0.05, 0) is 50.5 Å². The molecule has 0 saturated heterocycles. The molecule has 0 aromatic heterocycles. The van der Waals surface area contributed by atoms with Gasteiger partial charge in [0.15, 0.2) is 6.61 Å². The second-order valence-electron chi connectivity index (χ2n) is 7.18. The summed E-state index contributed by atoms with van der Waals surface area (Å²) >= 11 is 0. The molecule has 2 N–H and O–H groups in total. The molecule has 0 spiro atoms. The molecule has 7 heteroatoms. The van der Waals surface area contributed by atoms with Crippen LogP contribution >= 0.6 is 0 Å². The summed E-state index contributed by atoms with van der Waals surface area (Å²) in [6, 6.07) is 12.8. The van der Waals surface area contributed by atoms with E-state index in [1.165, 1.54) is 0 Å². The Kier molecular flexibility index (Phi) is 7.60. The Hall–Kier alpha value is -2.38. The first-order chi connectivity index (χ1) is 13.1. The lowest BCUT2D eigenvalue weighted by molar-refractivity contribution is -0.123. The third-order valence-corrected chi connectivity index (χ3v) is 5.52. The molecule has 0 radical (unpaired) electrons. The Morgan fingerprint density at radius 2 is 1.68 bits per heavy atom. The average Bonchev–Trinajstić information content (AvgIpc) is 2.59. The van der Waals surface area contributed by atoms with Gasteiger partial charge in [-0.3, -0.25) is 4.79 Å². The lowest BCUT2D eigenvalue weighted by atomic mass is 10.1. The highest BCUT2D eigenvalue weighted by Gasteiger charge is 2.13. The SMILES string of the molecule is Cc1ccc(OCC(=O)NCc2ccc(CS(=O)(=O)NC(C)C)cc2)c(C)c1. The van der Waals surface area contributed by atoms with Gasteiger partial charge in [0, 0.05) is 12.6 Å². The van der Waals surface area contributed by atoms with Crippen molar-refractivity contribution in [3.63, 3.8) is 0 Å². The van der Waals surface area contributed by atoms with Crippen LogP contribution in [-0.4, -0.2) is 27.0 Å². The van der Waals surface area contributed by atoms with Gasteiger partial charge in [0.1, 0.15) is 5.75 Å². The van der Waals surface area contributed by atoms with Crippen molar-refractivity contribution >= 4 is 15.9 Å². The highest BCUT2D eigenvalue weighted by atomic mass is 32.2. The van der Waals surface area contributed by atoms with Crippen LogP contribution in [0.1, 0.15) is 36.1 Å². The molecule has 0 saturated carbocycles. The van der Waals surface area contributed by atoms with Gasteiger partial charge in [-0.1, -0.05) is 42.0 Å². The maximum absolute atomic E-state index is 12.0. The largest absolute Gasteiger partial charge is 0.484 e. The van der Waals surface area contributed by atoms with Crippen molar-refractivity contribution in [1.82, 2.24) is 10.0 Å². The first kappa shape index (κ1) is 21.9. The molecule has 0 fully saturated rings. The van der Waals surface area contributed by atoms with Crippen molar-refractivity contribution in [3.05, 3.63) is 64.7 Å². The van der Waals surface area contributed by atoms with E-state index in [9.17, 15) is 13.2 Å². The first-order valence-corrected chi connectivity index (χ1v) is 10.8. The van der Waals surface area contributed by atoms with Gasteiger partial charge in [-0.15, -0.1) is 0 Å². The third kappa shape index (κ3) is 7.32. The Balaban J connectivity index is 1.81. The van der Waals surface area contributed by atoms with Crippen molar-refractivity contribution in [2.45, 2.75) is 46.0 Å². The Labute approximate surface area is 167 Å². The summed E-state index contributed by atoms with van der Waals surface area (Å²) in [6.45, 7) is 7.82. The molecule has 28 heavy (non-hydrogen) atoms. The van der Waals surface area contributed by atoms with E-state index in [0.717, 1.165) is 16.7 Å². The van der Waals surface area contributed by atoms with Gasteiger partial charge < -0.3 is 10.1 Å². The molecule has 0 bridgehead atoms. The predicted octanol–water partition coefficient (Wildman–Crippen LogP) is 2.83. The number of amides is 1. The van der Waals surface area contributed by atoms with E-state index >= 15 is 0 Å². The summed E-state index contributed by atoms with van der Waals surface area (Å²) in [4.78, 5) is 12.0. The van der Waals surface area contributed by atoms with Crippen LogP contribution in [0.25, 0.3) is 0 Å². The Morgan fingerprint density at radius 1 is 1.04 bits per heavy atom. The number of carbonyl (C=O) groups is 1. The lowest BCUT2D eigenvalue weighted by Gasteiger charge is -2.11. The topological polar surface area (TPSA) is 84.5 Å². The molecular formula is C21H28N2O4S. The second-order valence-corrected chi connectivity index (χ2v) is 8.94. The van der Waals surface area contributed by atoms with Crippen LogP contribution in [0.4, 0.5) is 0 Å². The summed E-state index contributed by atoms with van der Waals surface area (Å²) in [7, 11) is -3.35. The summed E-state index contributed by atoms with van der Waals surface area (Å²) in [6.07, 6.45) is 0. The minimum Gasteiger partial charge on any atom is -0.484 e. The van der Waals surface area contributed by atoms with Crippen molar-refractivity contribution in [2.75, 3.05) is 6.61 Å². The van der Waals surface area contributed by atoms with E-state index in [-0.39, 0.29) is 24.3 Å². The summed E-state index contributed by atoms with van der Waals surface area (Å²) < 4.78 is 32.0. The van der Waals surface area contributed by atoms with E-state index in [2.05, 4.69) is 10.0 Å². The fourth-order valence-corrected chi connectivity index (χ4v) is 4.16. The Morgan fingerprint density at radius 3 is 2.29 bits per heavy atom. The van der Waals surface area contributed by atoms with Crippen LogP contribution < -0.4 is 14.8 Å². The number of ether oxygens (including phenoxy) is 1. The fraction of sp³-hybridized carbons (Fsp3) is 0.381. The Bertz CT molecular complexity index is 907. The molecule has 0 aliphatic heterocycles. The lowest BCUT2D eigenvalue weighted by Crippen LogP contribution is -2.31. The number of hydrogen-bond acceptors (Lipinski definition) is 4. The number of rotatable bonds is 9. The van der Waals surface area contributed by atoms with Crippen molar-refractivity contribution in [3.8, 4) is 5.75 Å². The third-order valence-electron chi connectivity index (χ3n) is 3.97. The number of sulfonamides is 1. The van der Waals surface area contributed by atoms with Crippen LogP contribution in [0.15, 0.2) is 42.5 Å². The molecule has 0 aliphatic carbocycles. The zero-order valence-electron chi connectivity index (χ0n) is 16.8. The van der Waals surface area contributed by atoms with Crippen LogP contribution in [0, 0.1) is 13.8 Å². The van der Waals surface area contributed by atoms with Gasteiger partial charge in [0.2, 0.25) is 10.0 Å². The fourth-order valence-electron chi connectivity index (χ4n) is 2.73. The van der Waals surface area contributed by atoms with Gasteiger partial charge in [0.05, 0.1) is 5.75 Å². The number of carbonyl (C=O) groups excluding carboxylic acids is 1. The number of aryl methyl sites for hydroxylation is 2. The van der Waals surface area contributed by atoms with E-state index in [1.54, 1.807) is 26.0 Å². The van der Waals surface area contributed by atoms with E-state index in [0.29, 0.717) is 17.9 Å². The number of hydrogen-bond donors (Lipinski definition) is 2. The molecule has 0 heterocycles. The standard InChI is InChI=1S/C21H28N2O4S/c1-15(2)23-28(25,26)14-19-8-6-18(7-9-19)12-22-21(24)13-27-20-10-5-16(3)11-17(20)4/h5-11,15,23H,12-14H2,1-4H3,(H,22,24). The molecule has 1 amide bonds. The molecule has 2 rings (SSSR count). The molecule has 2 aromatic carbocycles. The molecule has 152 valence electrons. The van der Waals surface area contributed by atoms with E-state index in [1.807, 2.05) is 44.2 Å². The summed E-state index contributed by atoms with van der Waals surface area (Å²) in [5, 5.41) is 2.80. The molecule has 0 unspecified atom stereocenters. The minimum absolute atomic E-state index is 0.0545. The van der Waals surface area contributed by atoms with Crippen LogP contribution in [-0.2, 0) is 27.1 Å². The van der Waals surface area contributed by atoms with Gasteiger partial charge in [0.25, 0.3) is 5.91 Å². The van der Waals surface area contributed by atoms with E-state index < -0.39 is 10.0 Å². The number of benzene rings is 2. The molecule has 0 aliphatic rings. The highest BCUT2D eigenvalue weighted by molar-refractivity contribution is 7.88. The van der Waals surface area contributed by atoms with Crippen LogP contribution in [0.3, 0.4) is 0 Å². The average molecular weight is 405 g/mol. The zero-order valence-corrected chi connectivity index (χ0v) is 17.6. The van der Waals surface area contributed by atoms with Crippen molar-refractivity contribution in [1.29, 1.82) is 0 Å². The maximum atomic E-state index is 12.0.